The monoisotopic (exact) mass is 305 g/mol. The second-order valence-corrected chi connectivity index (χ2v) is 4.93. The summed E-state index contributed by atoms with van der Waals surface area (Å²) < 4.78 is 37.2. The maximum Gasteiger partial charge on any atom is 0.254 e. The number of rotatable bonds is 3. The van der Waals surface area contributed by atoms with Crippen molar-refractivity contribution >= 4 is 5.91 Å². The van der Waals surface area contributed by atoms with Crippen molar-refractivity contribution in [1.29, 1.82) is 0 Å². The number of carbonyl (C=O) groups excluding carboxylic acids is 1. The van der Waals surface area contributed by atoms with Crippen LogP contribution in [0, 0.1) is 11.6 Å². The maximum atomic E-state index is 13.6. The van der Waals surface area contributed by atoms with Crippen molar-refractivity contribution in [2.75, 3.05) is 6.79 Å². The molecular formula is C16H13F2NO3. The summed E-state index contributed by atoms with van der Waals surface area (Å²) >= 11 is 0. The zero-order valence-corrected chi connectivity index (χ0v) is 11.7. The Kier molecular flexibility index (Phi) is 3.66. The Balaban J connectivity index is 1.77. The second kappa shape index (κ2) is 5.63. The fraction of sp³-hybridized carbons (Fsp3) is 0.188. The zero-order chi connectivity index (χ0) is 15.7. The van der Waals surface area contributed by atoms with Gasteiger partial charge in [-0.2, -0.15) is 0 Å². The van der Waals surface area contributed by atoms with Crippen LogP contribution in [0.5, 0.6) is 11.5 Å². The summed E-state index contributed by atoms with van der Waals surface area (Å²) in [6, 6.07) is 7.63. The molecule has 0 radical (unpaired) electrons. The zero-order valence-electron chi connectivity index (χ0n) is 11.7. The molecule has 114 valence electrons. The molecule has 22 heavy (non-hydrogen) atoms. The van der Waals surface area contributed by atoms with E-state index in [-0.39, 0.29) is 12.4 Å². The van der Waals surface area contributed by atoms with Crippen LogP contribution in [0.2, 0.25) is 0 Å². The molecule has 0 aliphatic carbocycles. The highest BCUT2D eigenvalue weighted by atomic mass is 19.1. The van der Waals surface area contributed by atoms with Crippen LogP contribution in [-0.4, -0.2) is 12.7 Å². The molecule has 0 unspecified atom stereocenters. The molecule has 1 amide bonds. The highest BCUT2D eigenvalue weighted by Crippen LogP contribution is 2.34. The smallest absolute Gasteiger partial charge is 0.254 e. The lowest BCUT2D eigenvalue weighted by Gasteiger charge is -2.15. The van der Waals surface area contributed by atoms with Gasteiger partial charge >= 0.3 is 0 Å². The fourth-order valence-corrected chi connectivity index (χ4v) is 2.21. The van der Waals surface area contributed by atoms with Crippen LogP contribution < -0.4 is 14.8 Å². The summed E-state index contributed by atoms with van der Waals surface area (Å²) in [7, 11) is 0. The van der Waals surface area contributed by atoms with E-state index < -0.39 is 23.6 Å². The Morgan fingerprint density at radius 2 is 1.91 bits per heavy atom. The summed E-state index contributed by atoms with van der Waals surface area (Å²) in [4.78, 5) is 12.1. The van der Waals surface area contributed by atoms with Gasteiger partial charge in [0.05, 0.1) is 11.6 Å². The molecule has 2 aromatic carbocycles. The molecule has 1 aliphatic rings. The molecule has 3 rings (SSSR count). The summed E-state index contributed by atoms with van der Waals surface area (Å²) in [6.07, 6.45) is 0. The molecule has 0 saturated heterocycles. The first-order valence-corrected chi connectivity index (χ1v) is 6.70. The Morgan fingerprint density at radius 3 is 2.73 bits per heavy atom. The average molecular weight is 305 g/mol. The molecule has 1 atom stereocenters. The number of halogens is 2. The van der Waals surface area contributed by atoms with E-state index in [4.69, 9.17) is 9.47 Å². The quantitative estimate of drug-likeness (QED) is 0.947. The lowest BCUT2D eigenvalue weighted by Crippen LogP contribution is -2.27. The number of amides is 1. The van der Waals surface area contributed by atoms with Crippen molar-refractivity contribution in [3.05, 3.63) is 59.2 Å². The van der Waals surface area contributed by atoms with Gasteiger partial charge in [0.1, 0.15) is 11.6 Å². The SMILES string of the molecule is C[C@@H](NC(=O)c1cc(F)ccc1F)c1ccc2c(c1)OCO2. The third kappa shape index (κ3) is 2.72. The number of carbonyl (C=O) groups is 1. The lowest BCUT2D eigenvalue weighted by molar-refractivity contribution is 0.0935. The summed E-state index contributed by atoms with van der Waals surface area (Å²) in [5.74, 6) is -0.879. The van der Waals surface area contributed by atoms with Gasteiger partial charge in [-0.15, -0.1) is 0 Å². The predicted molar refractivity (Wildman–Crippen MR) is 74.8 cm³/mol. The third-order valence-corrected chi connectivity index (χ3v) is 3.42. The molecule has 0 fully saturated rings. The Hall–Kier alpha value is -2.63. The van der Waals surface area contributed by atoms with E-state index in [2.05, 4.69) is 5.32 Å². The molecule has 6 heteroatoms. The molecule has 0 aromatic heterocycles. The standard InChI is InChI=1S/C16H13F2NO3/c1-9(10-2-5-14-15(6-10)22-8-21-14)19-16(20)12-7-11(17)3-4-13(12)18/h2-7,9H,8H2,1H3,(H,19,20)/t9-/m1/s1. The van der Waals surface area contributed by atoms with Crippen molar-refractivity contribution in [1.82, 2.24) is 5.32 Å². The van der Waals surface area contributed by atoms with Crippen LogP contribution in [0.4, 0.5) is 8.78 Å². The van der Waals surface area contributed by atoms with Crippen molar-refractivity contribution in [3.8, 4) is 11.5 Å². The van der Waals surface area contributed by atoms with Gasteiger partial charge in [-0.3, -0.25) is 4.79 Å². The first kappa shape index (κ1) is 14.3. The molecule has 0 bridgehead atoms. The second-order valence-electron chi connectivity index (χ2n) is 4.93. The van der Waals surface area contributed by atoms with Crippen molar-refractivity contribution in [3.63, 3.8) is 0 Å². The van der Waals surface area contributed by atoms with E-state index >= 15 is 0 Å². The van der Waals surface area contributed by atoms with Crippen LogP contribution in [0.15, 0.2) is 36.4 Å². The number of ether oxygens (including phenoxy) is 2. The minimum absolute atomic E-state index is 0.161. The van der Waals surface area contributed by atoms with Gasteiger partial charge in [-0.05, 0) is 42.8 Å². The number of fused-ring (bicyclic) bond motifs is 1. The van der Waals surface area contributed by atoms with E-state index in [1.165, 1.54) is 0 Å². The van der Waals surface area contributed by atoms with Crippen LogP contribution in [0.3, 0.4) is 0 Å². The van der Waals surface area contributed by atoms with Gasteiger partial charge in [-0.25, -0.2) is 8.78 Å². The summed E-state index contributed by atoms with van der Waals surface area (Å²) in [6.45, 7) is 1.90. The topological polar surface area (TPSA) is 47.6 Å². The molecule has 1 heterocycles. The highest BCUT2D eigenvalue weighted by molar-refractivity contribution is 5.94. The number of hydrogen-bond donors (Lipinski definition) is 1. The molecule has 1 N–H and O–H groups in total. The van der Waals surface area contributed by atoms with E-state index in [9.17, 15) is 13.6 Å². The predicted octanol–water partition coefficient (Wildman–Crippen LogP) is 3.18. The first-order valence-electron chi connectivity index (χ1n) is 6.70. The third-order valence-electron chi connectivity index (χ3n) is 3.42. The van der Waals surface area contributed by atoms with Crippen molar-refractivity contribution in [2.24, 2.45) is 0 Å². The largest absolute Gasteiger partial charge is 0.454 e. The van der Waals surface area contributed by atoms with Crippen LogP contribution >= 0.6 is 0 Å². The first-order chi connectivity index (χ1) is 10.5. The van der Waals surface area contributed by atoms with E-state index in [1.807, 2.05) is 0 Å². The van der Waals surface area contributed by atoms with E-state index in [0.29, 0.717) is 11.5 Å². The molecule has 4 nitrogen and oxygen atoms in total. The van der Waals surface area contributed by atoms with Gasteiger partial charge in [0.15, 0.2) is 11.5 Å². The number of benzene rings is 2. The molecule has 0 spiro atoms. The highest BCUT2D eigenvalue weighted by Gasteiger charge is 2.19. The number of nitrogens with one attached hydrogen (secondary N) is 1. The Bertz CT molecular complexity index is 733. The van der Waals surface area contributed by atoms with Gasteiger partial charge in [0, 0.05) is 0 Å². The maximum absolute atomic E-state index is 13.6. The molecule has 1 aliphatic heterocycles. The minimum atomic E-state index is -0.767. The van der Waals surface area contributed by atoms with Gasteiger partial charge in [0.25, 0.3) is 5.91 Å². The van der Waals surface area contributed by atoms with Gasteiger partial charge < -0.3 is 14.8 Å². The summed E-state index contributed by atoms with van der Waals surface area (Å²) in [5, 5.41) is 2.63. The van der Waals surface area contributed by atoms with Crippen LogP contribution in [-0.2, 0) is 0 Å². The molecule has 2 aromatic rings. The van der Waals surface area contributed by atoms with Gasteiger partial charge in [0.2, 0.25) is 6.79 Å². The lowest BCUT2D eigenvalue weighted by atomic mass is 10.1. The van der Waals surface area contributed by atoms with E-state index in [1.54, 1.807) is 25.1 Å². The van der Waals surface area contributed by atoms with Crippen molar-refractivity contribution < 1.29 is 23.0 Å². The number of hydrogen-bond acceptors (Lipinski definition) is 3. The van der Waals surface area contributed by atoms with Crippen molar-refractivity contribution in [2.45, 2.75) is 13.0 Å². The normalized spacial score (nSPS) is 13.8. The van der Waals surface area contributed by atoms with Crippen LogP contribution in [0.25, 0.3) is 0 Å². The molecule has 0 saturated carbocycles. The minimum Gasteiger partial charge on any atom is -0.454 e. The summed E-state index contributed by atoms with van der Waals surface area (Å²) in [5.41, 5.74) is 0.446. The average Bonchev–Trinajstić information content (AvgIpc) is 2.97. The molecular weight excluding hydrogens is 292 g/mol. The Labute approximate surface area is 125 Å². The Morgan fingerprint density at radius 1 is 1.14 bits per heavy atom. The van der Waals surface area contributed by atoms with E-state index in [0.717, 1.165) is 23.8 Å². The fourth-order valence-electron chi connectivity index (χ4n) is 2.21. The van der Waals surface area contributed by atoms with Crippen LogP contribution in [0.1, 0.15) is 28.9 Å². The van der Waals surface area contributed by atoms with Gasteiger partial charge in [-0.1, -0.05) is 6.07 Å².